The second-order valence-corrected chi connectivity index (χ2v) is 7.72. The second kappa shape index (κ2) is 6.23. The average molecular weight is 321 g/mol. The molecule has 2 aromatic rings. The zero-order chi connectivity index (χ0) is 14.8. The fourth-order valence-corrected chi connectivity index (χ4v) is 4.49. The van der Waals surface area contributed by atoms with Gasteiger partial charge in [0, 0.05) is 23.0 Å². The maximum absolute atomic E-state index is 12.7. The van der Waals surface area contributed by atoms with Gasteiger partial charge in [-0.25, -0.2) is 9.97 Å². The zero-order valence-corrected chi connectivity index (χ0v) is 14.0. The number of aryl methyl sites for hydroxylation is 2. The Hall–Kier alpha value is -1.27. The molecule has 1 amide bonds. The summed E-state index contributed by atoms with van der Waals surface area (Å²) in [4.78, 5) is 24.8. The van der Waals surface area contributed by atoms with Crippen LogP contribution in [-0.4, -0.2) is 27.3 Å². The summed E-state index contributed by atoms with van der Waals surface area (Å²) in [7, 11) is 0. The predicted molar refractivity (Wildman–Crippen MR) is 85.7 cm³/mol. The molecule has 1 fully saturated rings. The molecule has 1 aliphatic rings. The average Bonchev–Trinajstić information content (AvgIpc) is 3.09. The quantitative estimate of drug-likeness (QED) is 0.869. The van der Waals surface area contributed by atoms with Gasteiger partial charge in [-0.1, -0.05) is 0 Å². The first-order valence-corrected chi connectivity index (χ1v) is 8.96. The van der Waals surface area contributed by atoms with E-state index in [0.29, 0.717) is 6.42 Å². The first-order chi connectivity index (χ1) is 10.1. The minimum absolute atomic E-state index is 0.159. The fraction of sp³-hybridized carbons (Fsp3) is 0.533. The number of nitrogens with zero attached hydrogens (tertiary/aromatic N) is 3. The highest BCUT2D eigenvalue weighted by Crippen LogP contribution is 2.32. The van der Waals surface area contributed by atoms with Crippen molar-refractivity contribution in [3.63, 3.8) is 0 Å². The standard InChI is InChI=1S/C15H19N3OS2/c1-10-12(17-11(2)21-10)9-14(19)18-7-4-3-5-13(18)15-16-6-8-20-15/h6,8,13H,3-5,7,9H2,1-2H3. The molecule has 1 unspecified atom stereocenters. The van der Waals surface area contributed by atoms with Crippen LogP contribution in [0.5, 0.6) is 0 Å². The van der Waals surface area contributed by atoms with Gasteiger partial charge < -0.3 is 4.90 Å². The number of hydrogen-bond donors (Lipinski definition) is 0. The third-order valence-electron chi connectivity index (χ3n) is 3.88. The van der Waals surface area contributed by atoms with Crippen molar-refractivity contribution < 1.29 is 4.79 Å². The maximum Gasteiger partial charge on any atom is 0.229 e. The number of rotatable bonds is 3. The van der Waals surface area contributed by atoms with E-state index >= 15 is 0 Å². The normalized spacial score (nSPS) is 19.0. The van der Waals surface area contributed by atoms with Gasteiger partial charge in [-0.3, -0.25) is 4.79 Å². The first kappa shape index (κ1) is 14.7. The maximum atomic E-state index is 12.7. The molecule has 0 aromatic carbocycles. The van der Waals surface area contributed by atoms with Crippen LogP contribution in [-0.2, 0) is 11.2 Å². The van der Waals surface area contributed by atoms with E-state index in [0.717, 1.165) is 40.0 Å². The van der Waals surface area contributed by atoms with Gasteiger partial charge in [0.25, 0.3) is 0 Å². The van der Waals surface area contributed by atoms with E-state index in [-0.39, 0.29) is 11.9 Å². The molecule has 3 rings (SSSR count). The van der Waals surface area contributed by atoms with Crippen LogP contribution in [0, 0.1) is 13.8 Å². The molecule has 0 aliphatic carbocycles. The van der Waals surface area contributed by atoms with Crippen LogP contribution in [0.4, 0.5) is 0 Å². The third-order valence-corrected chi connectivity index (χ3v) is 5.68. The van der Waals surface area contributed by atoms with Crippen molar-refractivity contribution >= 4 is 28.6 Å². The highest BCUT2D eigenvalue weighted by atomic mass is 32.1. The van der Waals surface area contributed by atoms with Gasteiger partial charge in [0.15, 0.2) is 0 Å². The molecule has 2 aromatic heterocycles. The number of thiazole rings is 2. The number of hydrogen-bond acceptors (Lipinski definition) is 5. The molecule has 4 nitrogen and oxygen atoms in total. The number of likely N-dealkylation sites (tertiary alicyclic amines) is 1. The van der Waals surface area contributed by atoms with Crippen molar-refractivity contribution in [2.75, 3.05) is 6.54 Å². The lowest BCUT2D eigenvalue weighted by molar-refractivity contribution is -0.134. The van der Waals surface area contributed by atoms with Crippen LogP contribution >= 0.6 is 22.7 Å². The summed E-state index contributed by atoms with van der Waals surface area (Å²) in [5, 5.41) is 4.08. The summed E-state index contributed by atoms with van der Waals surface area (Å²) in [5.41, 5.74) is 0.936. The topological polar surface area (TPSA) is 46.1 Å². The van der Waals surface area contributed by atoms with Crippen molar-refractivity contribution in [2.24, 2.45) is 0 Å². The minimum Gasteiger partial charge on any atom is -0.333 e. The Morgan fingerprint density at radius 3 is 2.95 bits per heavy atom. The molecule has 0 spiro atoms. The third kappa shape index (κ3) is 3.16. The Morgan fingerprint density at radius 1 is 1.43 bits per heavy atom. The zero-order valence-electron chi connectivity index (χ0n) is 12.3. The Labute approximate surface area is 132 Å². The van der Waals surface area contributed by atoms with Crippen molar-refractivity contribution in [3.8, 4) is 0 Å². The number of piperidine rings is 1. The molecule has 6 heteroatoms. The molecular weight excluding hydrogens is 302 g/mol. The van der Waals surface area contributed by atoms with Gasteiger partial charge in [0.05, 0.1) is 23.2 Å². The SMILES string of the molecule is Cc1nc(CC(=O)N2CCCCC2c2nccs2)c(C)s1. The Kier molecular flexibility index (Phi) is 4.35. The van der Waals surface area contributed by atoms with Gasteiger partial charge in [0.2, 0.25) is 5.91 Å². The van der Waals surface area contributed by atoms with Crippen LogP contribution in [0.15, 0.2) is 11.6 Å². The van der Waals surface area contributed by atoms with Crippen molar-refractivity contribution in [1.29, 1.82) is 0 Å². The van der Waals surface area contributed by atoms with Crippen LogP contribution in [0.25, 0.3) is 0 Å². The fourth-order valence-electron chi connectivity index (χ4n) is 2.87. The molecule has 3 heterocycles. The smallest absolute Gasteiger partial charge is 0.229 e. The summed E-state index contributed by atoms with van der Waals surface area (Å²) in [6.45, 7) is 4.87. The molecule has 0 N–H and O–H groups in total. The van der Waals surface area contributed by atoms with E-state index < -0.39 is 0 Å². The molecule has 21 heavy (non-hydrogen) atoms. The highest BCUT2D eigenvalue weighted by Gasteiger charge is 2.30. The Balaban J connectivity index is 1.77. The summed E-state index contributed by atoms with van der Waals surface area (Å²) < 4.78 is 0. The van der Waals surface area contributed by atoms with Crippen molar-refractivity contribution in [2.45, 2.75) is 45.6 Å². The van der Waals surface area contributed by atoms with Crippen molar-refractivity contribution in [3.05, 3.63) is 32.2 Å². The van der Waals surface area contributed by atoms with E-state index in [9.17, 15) is 4.79 Å². The summed E-state index contributed by atoms with van der Waals surface area (Å²) in [6, 6.07) is 0.159. The van der Waals surface area contributed by atoms with E-state index in [1.807, 2.05) is 30.3 Å². The number of carbonyl (C=O) groups excluding carboxylic acids is 1. The largest absolute Gasteiger partial charge is 0.333 e. The van der Waals surface area contributed by atoms with Crippen LogP contribution in [0.2, 0.25) is 0 Å². The van der Waals surface area contributed by atoms with Gasteiger partial charge in [-0.15, -0.1) is 22.7 Å². The molecule has 1 aliphatic heterocycles. The van der Waals surface area contributed by atoms with Gasteiger partial charge >= 0.3 is 0 Å². The van der Waals surface area contributed by atoms with Gasteiger partial charge in [-0.05, 0) is 33.1 Å². The molecule has 0 bridgehead atoms. The molecule has 112 valence electrons. The highest BCUT2D eigenvalue weighted by molar-refractivity contribution is 7.11. The minimum atomic E-state index is 0.159. The van der Waals surface area contributed by atoms with Crippen LogP contribution in [0.1, 0.15) is 45.9 Å². The monoisotopic (exact) mass is 321 g/mol. The molecule has 1 atom stereocenters. The lowest BCUT2D eigenvalue weighted by atomic mass is 10.0. The molecule has 1 saturated heterocycles. The van der Waals surface area contributed by atoms with Crippen LogP contribution in [0.3, 0.4) is 0 Å². The lowest BCUT2D eigenvalue weighted by Gasteiger charge is -2.34. The van der Waals surface area contributed by atoms with E-state index in [2.05, 4.69) is 9.97 Å². The molecular formula is C15H19N3OS2. The van der Waals surface area contributed by atoms with Crippen molar-refractivity contribution in [1.82, 2.24) is 14.9 Å². The second-order valence-electron chi connectivity index (χ2n) is 5.38. The van der Waals surface area contributed by atoms with Gasteiger partial charge in [-0.2, -0.15) is 0 Å². The number of aromatic nitrogens is 2. The van der Waals surface area contributed by atoms with E-state index in [1.165, 1.54) is 6.42 Å². The summed E-state index contributed by atoms with van der Waals surface area (Å²) >= 11 is 3.31. The molecule has 0 radical (unpaired) electrons. The van der Waals surface area contributed by atoms with E-state index in [4.69, 9.17) is 0 Å². The number of carbonyl (C=O) groups is 1. The molecule has 0 saturated carbocycles. The Morgan fingerprint density at radius 2 is 2.29 bits per heavy atom. The lowest BCUT2D eigenvalue weighted by Crippen LogP contribution is -2.39. The summed E-state index contributed by atoms with van der Waals surface area (Å²) in [6.07, 6.45) is 5.52. The summed E-state index contributed by atoms with van der Waals surface area (Å²) in [5.74, 6) is 0.184. The number of amides is 1. The van der Waals surface area contributed by atoms with Crippen LogP contribution < -0.4 is 0 Å². The Bertz CT molecular complexity index is 621. The predicted octanol–water partition coefficient (Wildman–Crippen LogP) is 3.51. The van der Waals surface area contributed by atoms with Gasteiger partial charge in [0.1, 0.15) is 5.01 Å². The first-order valence-electron chi connectivity index (χ1n) is 7.27. The van der Waals surface area contributed by atoms with E-state index in [1.54, 1.807) is 22.7 Å².